The summed E-state index contributed by atoms with van der Waals surface area (Å²) in [6.07, 6.45) is 0. The number of hydrogen-bond donors (Lipinski definition) is 4. The highest BCUT2D eigenvalue weighted by atomic mass is 35.5. The smallest absolute Gasteiger partial charge is 0.324 e. The lowest BCUT2D eigenvalue weighted by atomic mass is 10.3. The minimum absolute atomic E-state index is 0.0764. The monoisotopic (exact) mass is 688 g/mol. The van der Waals surface area contributed by atoms with Crippen LogP contribution in [0.25, 0.3) is 0 Å². The van der Waals surface area contributed by atoms with Gasteiger partial charge in [0.15, 0.2) is 19.7 Å². The number of benzene rings is 2. The second-order valence-corrected chi connectivity index (χ2v) is 14.6. The van der Waals surface area contributed by atoms with Crippen LogP contribution >= 0.6 is 11.6 Å². The predicted molar refractivity (Wildman–Crippen MR) is 146 cm³/mol. The van der Waals surface area contributed by atoms with Crippen molar-refractivity contribution < 1.29 is 51.1 Å². The fourth-order valence-corrected chi connectivity index (χ4v) is 6.22. The van der Waals surface area contributed by atoms with Gasteiger partial charge >= 0.3 is 20.8 Å². The summed E-state index contributed by atoms with van der Waals surface area (Å²) in [7, 11) is -17.6. The van der Waals surface area contributed by atoms with Gasteiger partial charge in [-0.2, -0.15) is 31.8 Å². The van der Waals surface area contributed by atoms with Gasteiger partial charge in [-0.25, -0.2) is 36.1 Å². The first-order chi connectivity index (χ1) is 19.3. The average Bonchev–Trinajstić information content (AvgIpc) is 2.86. The first-order valence-corrected chi connectivity index (χ1v) is 17.4. The van der Waals surface area contributed by atoms with Gasteiger partial charge in [-0.3, -0.25) is 9.11 Å². The molecule has 0 saturated heterocycles. The molecule has 0 spiro atoms. The number of aromatic nitrogens is 3. The van der Waals surface area contributed by atoms with E-state index in [4.69, 9.17) is 26.5 Å². The van der Waals surface area contributed by atoms with Gasteiger partial charge in [0, 0.05) is 5.69 Å². The highest BCUT2D eigenvalue weighted by molar-refractivity contribution is 7.91. The van der Waals surface area contributed by atoms with Crippen molar-refractivity contribution in [2.24, 2.45) is 5.84 Å². The quantitative estimate of drug-likeness (QED) is 0.102. The van der Waals surface area contributed by atoms with Crippen molar-refractivity contribution in [3.05, 3.63) is 53.8 Å². The van der Waals surface area contributed by atoms with Gasteiger partial charge in [0.1, 0.15) is 0 Å². The van der Waals surface area contributed by atoms with Crippen LogP contribution in [0.2, 0.25) is 5.28 Å². The molecule has 0 fully saturated rings. The topological polar surface area (TPSA) is 275 Å². The van der Waals surface area contributed by atoms with Gasteiger partial charge < -0.3 is 5.32 Å². The lowest BCUT2D eigenvalue weighted by Gasteiger charge is -2.18. The summed E-state index contributed by atoms with van der Waals surface area (Å²) >= 11 is 6.00. The molecule has 0 saturated carbocycles. The molecule has 1 heterocycles. The number of hydrazine groups is 1. The van der Waals surface area contributed by atoms with E-state index in [-0.39, 0.29) is 32.7 Å². The summed E-state index contributed by atoms with van der Waals surface area (Å²) in [5.74, 6) is 4.22. The largest absolute Gasteiger partial charge is 0.397 e. The van der Waals surface area contributed by atoms with Crippen LogP contribution in [-0.4, -0.2) is 82.4 Å². The third kappa shape index (κ3) is 10.0. The number of sulfone groups is 2. The number of halogens is 1. The van der Waals surface area contributed by atoms with Gasteiger partial charge in [-0.1, -0.05) is 6.07 Å². The summed E-state index contributed by atoms with van der Waals surface area (Å²) in [6.45, 7) is -1.62. The summed E-state index contributed by atoms with van der Waals surface area (Å²) in [6, 6.07) is 10.2. The Kier molecular flexibility index (Phi) is 10.4. The second kappa shape index (κ2) is 13.1. The SMILES string of the molecule is NN(c1cccc(S(=O)(=O)CCOS(=O)(=O)O)c1)c1nc(Cl)nc(Nc2ccc(S(=O)(=O)CCOS(=O)(=O)O)cc2)n1. The average molecular weight is 689 g/mol. The van der Waals surface area contributed by atoms with Crippen molar-refractivity contribution in [3.63, 3.8) is 0 Å². The third-order valence-electron chi connectivity index (χ3n) is 4.90. The standard InChI is InChI=1S/C19H21ClN6O12S4/c20-17-23-18(22-13-4-6-15(7-5-13)39(27,28)10-8-37-41(31,32)33)25-19(24-17)26(21)14-2-1-3-16(12-14)40(29,30)11-9-38-42(34,35)36/h1-7,12H,8-11,21H2,(H,31,32,33)(H,34,35,36)(H,22,23,24,25). The molecule has 2 aromatic carbocycles. The minimum atomic E-state index is -4.82. The molecule has 5 N–H and O–H groups in total. The van der Waals surface area contributed by atoms with E-state index in [9.17, 15) is 33.7 Å². The molecule has 3 rings (SSSR count). The van der Waals surface area contributed by atoms with Crippen molar-refractivity contribution in [1.82, 2.24) is 15.0 Å². The maximum absolute atomic E-state index is 12.6. The van der Waals surface area contributed by atoms with Crippen molar-refractivity contribution in [3.8, 4) is 0 Å². The number of nitrogens with one attached hydrogen (secondary N) is 1. The Morgan fingerprint density at radius 3 is 1.88 bits per heavy atom. The number of rotatable bonds is 14. The Morgan fingerprint density at radius 2 is 1.33 bits per heavy atom. The molecule has 42 heavy (non-hydrogen) atoms. The molecule has 0 atom stereocenters. The van der Waals surface area contributed by atoms with Crippen molar-refractivity contribution in [2.45, 2.75) is 9.79 Å². The Morgan fingerprint density at radius 1 is 0.786 bits per heavy atom. The summed E-state index contributed by atoms with van der Waals surface area (Å²) < 4.78 is 118. The minimum Gasteiger partial charge on any atom is -0.324 e. The molecule has 23 heteroatoms. The Labute approximate surface area is 245 Å². The lowest BCUT2D eigenvalue weighted by molar-refractivity contribution is 0.282. The van der Waals surface area contributed by atoms with Gasteiger partial charge in [0.2, 0.25) is 11.2 Å². The number of nitrogens with zero attached hydrogens (tertiary/aromatic N) is 4. The molecule has 0 bridgehead atoms. The van der Waals surface area contributed by atoms with E-state index in [1.165, 1.54) is 42.5 Å². The Bertz CT molecular complexity index is 1870. The van der Waals surface area contributed by atoms with Crippen LogP contribution in [0.5, 0.6) is 0 Å². The van der Waals surface area contributed by atoms with Crippen LogP contribution in [0.4, 0.5) is 23.3 Å². The molecule has 0 radical (unpaired) electrons. The number of nitrogens with two attached hydrogens (primary N) is 1. The first kappa shape index (κ1) is 33.4. The second-order valence-electron chi connectivity index (χ2n) is 7.88. The van der Waals surface area contributed by atoms with Crippen molar-refractivity contribution in [1.29, 1.82) is 0 Å². The zero-order valence-corrected chi connectivity index (χ0v) is 24.8. The van der Waals surface area contributed by atoms with Gasteiger partial charge in [0.05, 0.1) is 40.2 Å². The first-order valence-electron chi connectivity index (χ1n) is 11.0. The molecular weight excluding hydrogens is 668 g/mol. The predicted octanol–water partition coefficient (Wildman–Crippen LogP) is 0.467. The maximum Gasteiger partial charge on any atom is 0.397 e. The van der Waals surface area contributed by atoms with Crippen LogP contribution in [0.3, 0.4) is 0 Å². The van der Waals surface area contributed by atoms with Crippen LogP contribution in [0, 0.1) is 0 Å². The van der Waals surface area contributed by atoms with Crippen LogP contribution in [0.15, 0.2) is 58.3 Å². The normalized spacial score (nSPS) is 12.7. The molecule has 0 aliphatic rings. The van der Waals surface area contributed by atoms with Crippen LogP contribution in [0.1, 0.15) is 0 Å². The molecule has 0 aliphatic carbocycles. The molecule has 0 unspecified atom stereocenters. The molecule has 230 valence electrons. The Hall–Kier alpha value is -3.06. The van der Waals surface area contributed by atoms with E-state index in [2.05, 4.69) is 28.6 Å². The molecule has 0 aliphatic heterocycles. The molecular formula is C19H21ClN6O12S4. The molecule has 3 aromatic rings. The maximum atomic E-state index is 12.6. The zero-order valence-electron chi connectivity index (χ0n) is 20.8. The third-order valence-corrected chi connectivity index (χ3v) is 9.37. The van der Waals surface area contributed by atoms with E-state index >= 15 is 0 Å². The highest BCUT2D eigenvalue weighted by Crippen LogP contribution is 2.25. The highest BCUT2D eigenvalue weighted by Gasteiger charge is 2.20. The van der Waals surface area contributed by atoms with E-state index < -0.39 is 65.2 Å². The van der Waals surface area contributed by atoms with Gasteiger partial charge in [-0.05, 0) is 54.1 Å². The van der Waals surface area contributed by atoms with Crippen LogP contribution in [-0.2, 0) is 48.8 Å². The molecule has 0 amide bonds. The fraction of sp³-hybridized carbons (Fsp3) is 0.211. The van der Waals surface area contributed by atoms with Crippen LogP contribution < -0.4 is 16.2 Å². The van der Waals surface area contributed by atoms with E-state index in [1.807, 2.05) is 0 Å². The number of anilines is 4. The van der Waals surface area contributed by atoms with Gasteiger partial charge in [-0.15, -0.1) is 0 Å². The van der Waals surface area contributed by atoms with Crippen molar-refractivity contribution >= 4 is 75.3 Å². The lowest BCUT2D eigenvalue weighted by Crippen LogP contribution is -2.28. The summed E-state index contributed by atoms with van der Waals surface area (Å²) in [4.78, 5) is 11.5. The summed E-state index contributed by atoms with van der Waals surface area (Å²) in [5.41, 5.74) is 0.368. The Balaban J connectivity index is 1.76. The van der Waals surface area contributed by atoms with E-state index in [0.717, 1.165) is 11.1 Å². The van der Waals surface area contributed by atoms with E-state index in [0.29, 0.717) is 5.69 Å². The molecule has 18 nitrogen and oxygen atoms in total. The molecule has 1 aromatic heterocycles. The van der Waals surface area contributed by atoms with Gasteiger partial charge in [0.25, 0.3) is 5.95 Å². The van der Waals surface area contributed by atoms with Crippen molar-refractivity contribution in [2.75, 3.05) is 35.0 Å². The summed E-state index contributed by atoms with van der Waals surface area (Å²) in [5, 5.41) is 3.33. The van der Waals surface area contributed by atoms with E-state index in [1.54, 1.807) is 0 Å². The number of hydrogen-bond acceptors (Lipinski definition) is 16. The fourth-order valence-electron chi connectivity index (χ4n) is 3.05. The zero-order chi connectivity index (χ0) is 31.3.